The van der Waals surface area contributed by atoms with Crippen LogP contribution in [0.15, 0.2) is 60.7 Å². The summed E-state index contributed by atoms with van der Waals surface area (Å²) in [7, 11) is 0. The number of anilines is 1. The van der Waals surface area contributed by atoms with Gasteiger partial charge in [0.1, 0.15) is 5.75 Å². The topological polar surface area (TPSA) is 38.3 Å². The maximum atomic E-state index is 12.8. The minimum absolute atomic E-state index is 0.118. The second kappa shape index (κ2) is 7.39. The predicted octanol–water partition coefficient (Wildman–Crippen LogP) is 5.25. The number of para-hydroxylation sites is 1. The fraction of sp³-hybridized carbons (Fsp3) is 0.227. The average molecular weight is 333 g/mol. The quantitative estimate of drug-likeness (QED) is 0.692. The van der Waals surface area contributed by atoms with E-state index in [-0.39, 0.29) is 5.91 Å². The van der Waals surface area contributed by atoms with Crippen LogP contribution in [0.25, 0.3) is 10.8 Å². The lowest BCUT2D eigenvalue weighted by molar-refractivity contribution is -0.122. The van der Waals surface area contributed by atoms with Crippen LogP contribution in [0.1, 0.15) is 24.5 Å². The third-order valence-corrected chi connectivity index (χ3v) is 4.41. The highest BCUT2D eigenvalue weighted by Gasteiger charge is 2.20. The molecule has 0 heterocycles. The first-order valence-electron chi connectivity index (χ1n) is 8.61. The number of carbonyl (C=O) groups excluding carboxylic acids is 1. The van der Waals surface area contributed by atoms with Crippen LogP contribution in [0.2, 0.25) is 0 Å². The summed E-state index contributed by atoms with van der Waals surface area (Å²) in [5.41, 5.74) is 2.97. The van der Waals surface area contributed by atoms with Gasteiger partial charge in [-0.2, -0.15) is 0 Å². The molecule has 25 heavy (non-hydrogen) atoms. The van der Waals surface area contributed by atoms with Gasteiger partial charge in [-0.25, -0.2) is 0 Å². The molecule has 128 valence electrons. The highest BCUT2D eigenvalue weighted by Crippen LogP contribution is 2.27. The van der Waals surface area contributed by atoms with E-state index in [1.54, 1.807) is 0 Å². The Morgan fingerprint density at radius 1 is 0.960 bits per heavy atom. The molecule has 0 spiro atoms. The third-order valence-electron chi connectivity index (χ3n) is 4.41. The number of carbonyl (C=O) groups is 1. The van der Waals surface area contributed by atoms with Crippen LogP contribution in [0.5, 0.6) is 5.75 Å². The Bertz CT molecular complexity index is 876. The molecule has 0 fully saturated rings. The minimum atomic E-state index is -0.537. The van der Waals surface area contributed by atoms with E-state index in [0.717, 1.165) is 33.3 Å². The van der Waals surface area contributed by atoms with Gasteiger partial charge in [0.05, 0.1) is 0 Å². The van der Waals surface area contributed by atoms with Gasteiger partial charge in [-0.15, -0.1) is 0 Å². The molecule has 0 bridgehead atoms. The number of ether oxygens (including phenoxy) is 1. The van der Waals surface area contributed by atoms with E-state index in [2.05, 4.69) is 5.32 Å². The number of rotatable bonds is 5. The van der Waals surface area contributed by atoms with Gasteiger partial charge in [0.25, 0.3) is 5.91 Å². The van der Waals surface area contributed by atoms with Crippen molar-refractivity contribution in [3.05, 3.63) is 71.8 Å². The van der Waals surface area contributed by atoms with Crippen LogP contribution in [-0.2, 0) is 4.79 Å². The van der Waals surface area contributed by atoms with Crippen LogP contribution < -0.4 is 10.1 Å². The summed E-state index contributed by atoms with van der Waals surface area (Å²) < 4.78 is 6.08. The molecule has 0 radical (unpaired) electrons. The van der Waals surface area contributed by atoms with Gasteiger partial charge in [0, 0.05) is 11.1 Å². The molecule has 3 aromatic rings. The van der Waals surface area contributed by atoms with E-state index >= 15 is 0 Å². The van der Waals surface area contributed by atoms with Crippen LogP contribution in [0, 0.1) is 13.8 Å². The maximum Gasteiger partial charge on any atom is 0.265 e. The number of hydrogen-bond acceptors (Lipinski definition) is 2. The van der Waals surface area contributed by atoms with Gasteiger partial charge in [0.15, 0.2) is 6.10 Å². The number of nitrogens with one attached hydrogen (secondary N) is 1. The summed E-state index contributed by atoms with van der Waals surface area (Å²) in [6.45, 7) is 5.95. The van der Waals surface area contributed by atoms with Crippen molar-refractivity contribution in [2.45, 2.75) is 33.3 Å². The molecule has 0 saturated carbocycles. The van der Waals surface area contributed by atoms with Crippen LogP contribution >= 0.6 is 0 Å². The average Bonchev–Trinajstić information content (AvgIpc) is 2.62. The number of amides is 1. The van der Waals surface area contributed by atoms with Gasteiger partial charge in [-0.3, -0.25) is 4.79 Å². The second-order valence-electron chi connectivity index (χ2n) is 6.25. The van der Waals surface area contributed by atoms with Crippen LogP contribution in [0.3, 0.4) is 0 Å². The smallest absolute Gasteiger partial charge is 0.265 e. The molecule has 0 aliphatic carbocycles. The molecule has 0 aliphatic heterocycles. The first-order valence-corrected chi connectivity index (χ1v) is 8.61. The maximum absolute atomic E-state index is 12.8. The van der Waals surface area contributed by atoms with Crippen molar-refractivity contribution < 1.29 is 9.53 Å². The molecule has 1 N–H and O–H groups in total. The van der Waals surface area contributed by atoms with Crippen molar-refractivity contribution in [2.75, 3.05) is 5.32 Å². The Morgan fingerprint density at radius 2 is 1.60 bits per heavy atom. The lowest BCUT2D eigenvalue weighted by Gasteiger charge is -2.20. The first-order chi connectivity index (χ1) is 12.1. The summed E-state index contributed by atoms with van der Waals surface area (Å²) in [6.07, 6.45) is 0.0600. The van der Waals surface area contributed by atoms with E-state index < -0.39 is 6.10 Å². The molecule has 3 nitrogen and oxygen atoms in total. The molecule has 0 aliphatic rings. The van der Waals surface area contributed by atoms with E-state index in [1.165, 1.54) is 0 Å². The first kappa shape index (κ1) is 17.0. The zero-order valence-electron chi connectivity index (χ0n) is 14.9. The molecule has 0 saturated heterocycles. The molecule has 0 unspecified atom stereocenters. The number of aryl methyl sites for hydroxylation is 2. The van der Waals surface area contributed by atoms with Crippen molar-refractivity contribution in [1.29, 1.82) is 0 Å². The third kappa shape index (κ3) is 3.66. The van der Waals surface area contributed by atoms with E-state index in [9.17, 15) is 4.79 Å². The second-order valence-corrected chi connectivity index (χ2v) is 6.25. The number of benzene rings is 3. The molecule has 1 atom stereocenters. The van der Waals surface area contributed by atoms with Gasteiger partial charge >= 0.3 is 0 Å². The normalized spacial score (nSPS) is 12.0. The molecular formula is C22H23NO2. The predicted molar refractivity (Wildman–Crippen MR) is 103 cm³/mol. The van der Waals surface area contributed by atoms with E-state index in [0.29, 0.717) is 6.42 Å². The lowest BCUT2D eigenvalue weighted by Crippen LogP contribution is -2.32. The van der Waals surface area contributed by atoms with Gasteiger partial charge in [-0.05, 0) is 42.8 Å². The minimum Gasteiger partial charge on any atom is -0.480 e. The van der Waals surface area contributed by atoms with E-state index in [4.69, 9.17) is 4.74 Å². The zero-order chi connectivity index (χ0) is 17.8. The number of fused-ring (bicyclic) bond motifs is 1. The Balaban J connectivity index is 1.83. The van der Waals surface area contributed by atoms with Crippen LogP contribution in [0.4, 0.5) is 5.69 Å². The SMILES string of the molecule is CC[C@H](Oc1cccc2ccccc12)C(=O)Nc1c(C)cccc1C. The Hall–Kier alpha value is -2.81. The summed E-state index contributed by atoms with van der Waals surface area (Å²) in [4.78, 5) is 12.8. The van der Waals surface area contributed by atoms with Crippen molar-refractivity contribution in [3.63, 3.8) is 0 Å². The molecule has 3 heteroatoms. The summed E-state index contributed by atoms with van der Waals surface area (Å²) in [6, 6.07) is 19.9. The Kier molecular flexibility index (Phi) is 5.03. The fourth-order valence-corrected chi connectivity index (χ4v) is 2.99. The number of hydrogen-bond donors (Lipinski definition) is 1. The van der Waals surface area contributed by atoms with Crippen molar-refractivity contribution in [3.8, 4) is 5.75 Å². The summed E-state index contributed by atoms with van der Waals surface area (Å²) in [5.74, 6) is 0.620. The molecular weight excluding hydrogens is 310 g/mol. The van der Waals surface area contributed by atoms with Crippen molar-refractivity contribution >= 4 is 22.4 Å². The lowest BCUT2D eigenvalue weighted by atomic mass is 10.1. The van der Waals surface area contributed by atoms with Gasteiger partial charge in [-0.1, -0.05) is 61.5 Å². The van der Waals surface area contributed by atoms with Gasteiger partial charge in [0.2, 0.25) is 0 Å². The summed E-state index contributed by atoms with van der Waals surface area (Å²) in [5, 5.41) is 5.15. The molecule has 3 aromatic carbocycles. The molecule has 0 aromatic heterocycles. The van der Waals surface area contributed by atoms with Crippen molar-refractivity contribution in [2.24, 2.45) is 0 Å². The molecule has 3 rings (SSSR count). The largest absolute Gasteiger partial charge is 0.480 e. The van der Waals surface area contributed by atoms with Crippen molar-refractivity contribution in [1.82, 2.24) is 0 Å². The zero-order valence-corrected chi connectivity index (χ0v) is 14.9. The summed E-state index contributed by atoms with van der Waals surface area (Å²) >= 11 is 0. The monoisotopic (exact) mass is 333 g/mol. The van der Waals surface area contributed by atoms with E-state index in [1.807, 2.05) is 81.4 Å². The Morgan fingerprint density at radius 3 is 2.32 bits per heavy atom. The fourth-order valence-electron chi connectivity index (χ4n) is 2.99. The molecule has 1 amide bonds. The van der Waals surface area contributed by atoms with Gasteiger partial charge < -0.3 is 10.1 Å². The Labute approximate surface area is 148 Å². The van der Waals surface area contributed by atoms with Crippen LogP contribution in [-0.4, -0.2) is 12.0 Å². The highest BCUT2D eigenvalue weighted by atomic mass is 16.5. The standard InChI is InChI=1S/C22H23NO2/c1-4-19(22(24)23-21-15(2)9-7-10-16(21)3)25-20-14-8-12-17-11-5-6-13-18(17)20/h5-14,19H,4H2,1-3H3,(H,23,24)/t19-/m0/s1. The highest BCUT2D eigenvalue weighted by molar-refractivity contribution is 5.96.